The number of nitrogens with one attached hydrogen (secondary N) is 2. The first-order valence-corrected chi connectivity index (χ1v) is 7.24. The molecule has 1 aliphatic heterocycles. The molecule has 5 nitrogen and oxygen atoms in total. The van der Waals surface area contributed by atoms with E-state index in [2.05, 4.69) is 10.6 Å². The number of nitrogens with zero attached hydrogens (tertiary/aromatic N) is 1. The van der Waals surface area contributed by atoms with Crippen LogP contribution in [0.1, 0.15) is 22.8 Å². The quantitative estimate of drug-likeness (QED) is 0.889. The molecular formula is C16H24ClN3O2. The van der Waals surface area contributed by atoms with Crippen LogP contribution in [-0.2, 0) is 4.79 Å². The first-order chi connectivity index (χ1) is 9.90. The summed E-state index contributed by atoms with van der Waals surface area (Å²) in [5, 5.41) is 6.09. The molecule has 1 aliphatic rings. The molecule has 1 aromatic carbocycles. The summed E-state index contributed by atoms with van der Waals surface area (Å²) in [5.41, 5.74) is 2.20. The van der Waals surface area contributed by atoms with Crippen molar-refractivity contribution in [2.45, 2.75) is 13.8 Å². The minimum Gasteiger partial charge on any atom is -0.345 e. The van der Waals surface area contributed by atoms with Crippen LogP contribution in [0, 0.1) is 18.8 Å². The van der Waals surface area contributed by atoms with Crippen LogP contribution >= 0.6 is 12.4 Å². The van der Waals surface area contributed by atoms with Gasteiger partial charge < -0.3 is 15.5 Å². The maximum Gasteiger partial charge on any atom is 0.253 e. The SMILES string of the molecule is Cc1ccc(NC(=O)C(C)C2CNC2)cc1C(=O)N(C)C.Cl. The molecule has 2 N–H and O–H groups in total. The molecule has 122 valence electrons. The molecule has 1 fully saturated rings. The number of halogens is 1. The first-order valence-electron chi connectivity index (χ1n) is 7.24. The van der Waals surface area contributed by atoms with Gasteiger partial charge in [0, 0.05) is 31.3 Å². The molecule has 1 atom stereocenters. The Morgan fingerprint density at radius 3 is 2.45 bits per heavy atom. The van der Waals surface area contributed by atoms with E-state index in [1.165, 1.54) is 4.90 Å². The van der Waals surface area contributed by atoms with Gasteiger partial charge in [-0.1, -0.05) is 13.0 Å². The van der Waals surface area contributed by atoms with E-state index in [9.17, 15) is 9.59 Å². The van der Waals surface area contributed by atoms with Crippen molar-refractivity contribution in [3.05, 3.63) is 29.3 Å². The van der Waals surface area contributed by atoms with Crippen molar-refractivity contribution in [3.8, 4) is 0 Å². The Morgan fingerprint density at radius 2 is 1.95 bits per heavy atom. The number of amides is 2. The molecule has 22 heavy (non-hydrogen) atoms. The van der Waals surface area contributed by atoms with Gasteiger partial charge in [0.15, 0.2) is 0 Å². The van der Waals surface area contributed by atoms with Crippen molar-refractivity contribution in [1.82, 2.24) is 10.2 Å². The number of aryl methyl sites for hydroxylation is 1. The molecule has 0 saturated carbocycles. The number of carbonyl (C=O) groups excluding carboxylic acids is 2. The van der Waals surface area contributed by atoms with E-state index in [0.717, 1.165) is 18.7 Å². The molecule has 1 heterocycles. The number of hydrogen-bond donors (Lipinski definition) is 2. The lowest BCUT2D eigenvalue weighted by Gasteiger charge is -2.31. The van der Waals surface area contributed by atoms with Crippen LogP contribution in [0.2, 0.25) is 0 Å². The van der Waals surface area contributed by atoms with Gasteiger partial charge in [-0.2, -0.15) is 0 Å². The van der Waals surface area contributed by atoms with Gasteiger partial charge in [0.2, 0.25) is 5.91 Å². The average molecular weight is 326 g/mol. The minimum atomic E-state index is -0.0557. The van der Waals surface area contributed by atoms with Crippen LogP contribution in [0.25, 0.3) is 0 Å². The van der Waals surface area contributed by atoms with E-state index in [1.807, 2.05) is 26.0 Å². The molecule has 1 saturated heterocycles. The second-order valence-electron chi connectivity index (χ2n) is 5.93. The van der Waals surface area contributed by atoms with E-state index >= 15 is 0 Å². The van der Waals surface area contributed by atoms with Crippen molar-refractivity contribution in [2.24, 2.45) is 11.8 Å². The Balaban J connectivity index is 0.00000242. The summed E-state index contributed by atoms with van der Waals surface area (Å²) in [5.74, 6) is 0.326. The third-order valence-electron chi connectivity index (χ3n) is 4.08. The summed E-state index contributed by atoms with van der Waals surface area (Å²) >= 11 is 0. The fourth-order valence-electron chi connectivity index (χ4n) is 2.31. The lowest BCUT2D eigenvalue weighted by Crippen LogP contribution is -2.48. The highest BCUT2D eigenvalue weighted by Gasteiger charge is 2.28. The van der Waals surface area contributed by atoms with Gasteiger partial charge in [0.05, 0.1) is 0 Å². The van der Waals surface area contributed by atoms with Crippen LogP contribution in [0.4, 0.5) is 5.69 Å². The summed E-state index contributed by atoms with van der Waals surface area (Å²) in [6.45, 7) is 5.63. The van der Waals surface area contributed by atoms with E-state index in [4.69, 9.17) is 0 Å². The van der Waals surface area contributed by atoms with Gasteiger partial charge in [0.1, 0.15) is 0 Å². The third-order valence-corrected chi connectivity index (χ3v) is 4.08. The third kappa shape index (κ3) is 3.99. The van der Waals surface area contributed by atoms with Crippen molar-refractivity contribution >= 4 is 29.9 Å². The highest BCUT2D eigenvalue weighted by Crippen LogP contribution is 2.20. The molecule has 0 bridgehead atoms. The van der Waals surface area contributed by atoms with E-state index in [0.29, 0.717) is 17.2 Å². The number of anilines is 1. The summed E-state index contributed by atoms with van der Waals surface area (Å²) in [4.78, 5) is 25.9. The molecular weight excluding hydrogens is 302 g/mol. The fourth-order valence-corrected chi connectivity index (χ4v) is 2.31. The highest BCUT2D eigenvalue weighted by atomic mass is 35.5. The summed E-state index contributed by atoms with van der Waals surface area (Å²) in [7, 11) is 3.44. The Hall–Kier alpha value is -1.59. The van der Waals surface area contributed by atoms with E-state index in [-0.39, 0.29) is 30.1 Å². The zero-order valence-corrected chi connectivity index (χ0v) is 14.3. The standard InChI is InChI=1S/C16H23N3O2.ClH/c1-10-5-6-13(7-14(10)16(21)19(3)4)18-15(20)11(2)12-8-17-9-12;/h5-7,11-12,17H,8-9H2,1-4H3,(H,18,20);1H. The Bertz CT molecular complexity index is 556. The predicted molar refractivity (Wildman–Crippen MR) is 90.6 cm³/mol. The molecule has 1 unspecified atom stereocenters. The van der Waals surface area contributed by atoms with Crippen molar-refractivity contribution in [1.29, 1.82) is 0 Å². The Labute approximate surface area is 137 Å². The molecule has 0 spiro atoms. The van der Waals surface area contributed by atoms with Crippen molar-refractivity contribution in [3.63, 3.8) is 0 Å². The zero-order chi connectivity index (χ0) is 15.6. The topological polar surface area (TPSA) is 61.4 Å². The normalized spacial score (nSPS) is 15.3. The second kappa shape index (κ2) is 7.61. The van der Waals surface area contributed by atoms with Crippen LogP contribution in [-0.4, -0.2) is 43.9 Å². The van der Waals surface area contributed by atoms with Crippen molar-refractivity contribution in [2.75, 3.05) is 32.5 Å². The second-order valence-corrected chi connectivity index (χ2v) is 5.93. The van der Waals surface area contributed by atoms with Crippen LogP contribution in [0.3, 0.4) is 0 Å². The monoisotopic (exact) mass is 325 g/mol. The van der Waals surface area contributed by atoms with Gasteiger partial charge in [-0.3, -0.25) is 9.59 Å². The van der Waals surface area contributed by atoms with E-state index < -0.39 is 0 Å². The largest absolute Gasteiger partial charge is 0.345 e. The molecule has 6 heteroatoms. The molecule has 1 aromatic rings. The van der Waals surface area contributed by atoms with Gasteiger partial charge >= 0.3 is 0 Å². The Morgan fingerprint density at radius 1 is 1.32 bits per heavy atom. The van der Waals surface area contributed by atoms with Gasteiger partial charge in [-0.15, -0.1) is 12.4 Å². The smallest absolute Gasteiger partial charge is 0.253 e. The Kier molecular flexibility index (Phi) is 6.38. The van der Waals surface area contributed by atoms with Gasteiger partial charge in [-0.25, -0.2) is 0 Å². The number of rotatable bonds is 4. The average Bonchev–Trinajstić information content (AvgIpc) is 2.37. The van der Waals surface area contributed by atoms with Crippen LogP contribution < -0.4 is 10.6 Å². The fraction of sp³-hybridized carbons (Fsp3) is 0.500. The van der Waals surface area contributed by atoms with Crippen molar-refractivity contribution < 1.29 is 9.59 Å². The molecule has 0 aliphatic carbocycles. The molecule has 2 amide bonds. The molecule has 0 aromatic heterocycles. The van der Waals surface area contributed by atoms with E-state index in [1.54, 1.807) is 20.2 Å². The lowest BCUT2D eigenvalue weighted by molar-refractivity contribution is -0.121. The van der Waals surface area contributed by atoms with Gasteiger partial charge in [0.25, 0.3) is 5.91 Å². The molecule has 0 radical (unpaired) electrons. The first kappa shape index (κ1) is 18.5. The number of benzene rings is 1. The maximum atomic E-state index is 12.2. The number of hydrogen-bond acceptors (Lipinski definition) is 3. The zero-order valence-electron chi connectivity index (χ0n) is 13.5. The predicted octanol–water partition coefficient (Wildman–Crippen LogP) is 1.91. The summed E-state index contributed by atoms with van der Waals surface area (Å²) in [6, 6.07) is 5.45. The maximum absolute atomic E-state index is 12.2. The minimum absolute atomic E-state index is 0. The molecule has 2 rings (SSSR count). The van der Waals surface area contributed by atoms with Crippen LogP contribution in [0.15, 0.2) is 18.2 Å². The summed E-state index contributed by atoms with van der Waals surface area (Å²) in [6.07, 6.45) is 0. The lowest BCUT2D eigenvalue weighted by atomic mass is 9.88. The number of carbonyl (C=O) groups is 2. The van der Waals surface area contributed by atoms with Gasteiger partial charge in [-0.05, 0) is 43.6 Å². The van der Waals surface area contributed by atoms with Crippen LogP contribution in [0.5, 0.6) is 0 Å². The summed E-state index contributed by atoms with van der Waals surface area (Å²) < 4.78 is 0. The highest BCUT2D eigenvalue weighted by molar-refractivity contribution is 5.98.